The molecular weight excluding hydrogens is 294 g/mol. The van der Waals surface area contributed by atoms with Gasteiger partial charge in [0, 0.05) is 12.7 Å². The van der Waals surface area contributed by atoms with Crippen LogP contribution in [0.1, 0.15) is 5.56 Å². The minimum atomic E-state index is -0.422. The van der Waals surface area contributed by atoms with Crippen molar-refractivity contribution in [3.8, 4) is 11.5 Å². The molecule has 0 amide bonds. The highest BCUT2D eigenvalue weighted by molar-refractivity contribution is 6.10. The Morgan fingerprint density at radius 1 is 0.870 bits per heavy atom. The van der Waals surface area contributed by atoms with E-state index in [0.29, 0.717) is 0 Å². The monoisotopic (exact) mass is 313 g/mol. The van der Waals surface area contributed by atoms with E-state index in [-0.39, 0.29) is 0 Å². The zero-order valence-corrected chi connectivity index (χ0v) is 13.3. The first kappa shape index (κ1) is 15.3. The van der Waals surface area contributed by atoms with E-state index < -0.39 is 6.35 Å². The number of hydrogen-bond acceptors (Lipinski definition) is 6. The van der Waals surface area contributed by atoms with Gasteiger partial charge in [-0.3, -0.25) is 5.01 Å². The molecule has 2 aromatic rings. The summed E-state index contributed by atoms with van der Waals surface area (Å²) < 4.78 is 15.7. The Balaban J connectivity index is 1.92. The first-order valence-corrected chi connectivity index (χ1v) is 7.20. The molecule has 23 heavy (non-hydrogen) atoms. The Labute approximate surface area is 135 Å². The summed E-state index contributed by atoms with van der Waals surface area (Å²) in [4.78, 5) is 4.57. The molecule has 6 heteroatoms. The van der Waals surface area contributed by atoms with Crippen LogP contribution in [0.3, 0.4) is 0 Å². The molecule has 0 radical (unpaired) electrons. The van der Waals surface area contributed by atoms with Gasteiger partial charge in [0.2, 0.25) is 6.35 Å². The molecule has 3 rings (SSSR count). The van der Waals surface area contributed by atoms with E-state index in [1.165, 1.54) is 0 Å². The second-order valence-electron chi connectivity index (χ2n) is 4.93. The summed E-state index contributed by atoms with van der Waals surface area (Å²) in [6.07, 6.45) is -0.422. The Morgan fingerprint density at radius 3 is 1.96 bits per heavy atom. The zero-order chi connectivity index (χ0) is 16.2. The summed E-state index contributed by atoms with van der Waals surface area (Å²) in [5.41, 5.74) is 5.12. The minimum Gasteiger partial charge on any atom is -0.497 e. The van der Waals surface area contributed by atoms with E-state index in [4.69, 9.17) is 14.2 Å². The van der Waals surface area contributed by atoms with Crippen molar-refractivity contribution >= 4 is 11.5 Å². The van der Waals surface area contributed by atoms with Gasteiger partial charge in [-0.05, 0) is 48.5 Å². The van der Waals surface area contributed by atoms with Crippen LogP contribution in [0, 0.1) is 0 Å². The summed E-state index contributed by atoms with van der Waals surface area (Å²) >= 11 is 0. The highest BCUT2D eigenvalue weighted by atomic mass is 16.5. The SMILES string of the molecule is COc1ccc(C2=NC(OC)NN2c2ccc(OC)cc2)cc1. The van der Waals surface area contributed by atoms with E-state index in [9.17, 15) is 0 Å². The number of aliphatic imine (C=N–C) groups is 1. The average Bonchev–Trinajstić information content (AvgIpc) is 3.06. The summed E-state index contributed by atoms with van der Waals surface area (Å²) in [7, 11) is 4.91. The molecule has 1 aliphatic heterocycles. The van der Waals surface area contributed by atoms with Crippen molar-refractivity contribution in [3.05, 3.63) is 54.1 Å². The van der Waals surface area contributed by atoms with Gasteiger partial charge < -0.3 is 14.2 Å². The number of nitrogens with one attached hydrogen (secondary N) is 1. The molecule has 0 saturated carbocycles. The molecule has 0 aliphatic carbocycles. The van der Waals surface area contributed by atoms with Crippen LogP contribution >= 0.6 is 0 Å². The number of nitrogens with zero attached hydrogens (tertiary/aromatic N) is 2. The maximum Gasteiger partial charge on any atom is 0.223 e. The fourth-order valence-electron chi connectivity index (χ4n) is 2.35. The second kappa shape index (κ2) is 6.68. The number of anilines is 1. The molecule has 0 fully saturated rings. The van der Waals surface area contributed by atoms with Crippen molar-refractivity contribution in [2.24, 2.45) is 4.99 Å². The van der Waals surface area contributed by atoms with Crippen molar-refractivity contribution in [3.63, 3.8) is 0 Å². The molecule has 1 unspecified atom stereocenters. The quantitative estimate of drug-likeness (QED) is 0.918. The van der Waals surface area contributed by atoms with Gasteiger partial charge in [-0.15, -0.1) is 0 Å². The predicted molar refractivity (Wildman–Crippen MR) is 88.9 cm³/mol. The van der Waals surface area contributed by atoms with Crippen LogP contribution in [0.25, 0.3) is 0 Å². The van der Waals surface area contributed by atoms with Gasteiger partial charge in [0.1, 0.15) is 11.5 Å². The van der Waals surface area contributed by atoms with Gasteiger partial charge in [-0.25, -0.2) is 4.99 Å². The number of amidine groups is 1. The first-order chi connectivity index (χ1) is 11.2. The van der Waals surface area contributed by atoms with E-state index in [1.807, 2.05) is 53.5 Å². The van der Waals surface area contributed by atoms with Gasteiger partial charge in [0.25, 0.3) is 0 Å². The fourth-order valence-corrected chi connectivity index (χ4v) is 2.35. The van der Waals surface area contributed by atoms with Crippen molar-refractivity contribution in [2.45, 2.75) is 6.35 Å². The Morgan fingerprint density at radius 2 is 1.43 bits per heavy atom. The maximum absolute atomic E-state index is 5.31. The lowest BCUT2D eigenvalue weighted by Crippen LogP contribution is -2.41. The first-order valence-electron chi connectivity index (χ1n) is 7.20. The van der Waals surface area contributed by atoms with Crippen LogP contribution in [0.5, 0.6) is 11.5 Å². The molecular formula is C17H19N3O3. The summed E-state index contributed by atoms with van der Waals surface area (Å²) in [6, 6.07) is 15.5. The van der Waals surface area contributed by atoms with Crippen LogP contribution in [-0.2, 0) is 4.74 Å². The smallest absolute Gasteiger partial charge is 0.223 e. The maximum atomic E-state index is 5.31. The van der Waals surface area contributed by atoms with Crippen LogP contribution in [-0.4, -0.2) is 33.5 Å². The van der Waals surface area contributed by atoms with Gasteiger partial charge in [-0.2, -0.15) is 5.43 Å². The lowest BCUT2D eigenvalue weighted by Gasteiger charge is -2.21. The van der Waals surface area contributed by atoms with Gasteiger partial charge >= 0.3 is 0 Å². The van der Waals surface area contributed by atoms with E-state index in [1.54, 1.807) is 21.3 Å². The largest absolute Gasteiger partial charge is 0.497 e. The molecule has 1 aliphatic rings. The topological polar surface area (TPSA) is 55.3 Å². The third-order valence-electron chi connectivity index (χ3n) is 3.59. The summed E-state index contributed by atoms with van der Waals surface area (Å²) in [6.45, 7) is 0. The molecule has 0 bridgehead atoms. The third kappa shape index (κ3) is 3.13. The third-order valence-corrected chi connectivity index (χ3v) is 3.59. The number of benzene rings is 2. The highest BCUT2D eigenvalue weighted by Gasteiger charge is 2.26. The van der Waals surface area contributed by atoms with Crippen molar-refractivity contribution in [1.82, 2.24) is 5.43 Å². The highest BCUT2D eigenvalue weighted by Crippen LogP contribution is 2.24. The normalized spacial score (nSPS) is 17.1. The van der Waals surface area contributed by atoms with Crippen molar-refractivity contribution in [2.75, 3.05) is 26.3 Å². The van der Waals surface area contributed by atoms with E-state index in [2.05, 4.69) is 10.4 Å². The molecule has 2 aromatic carbocycles. The number of hydrogen-bond donors (Lipinski definition) is 1. The van der Waals surface area contributed by atoms with E-state index >= 15 is 0 Å². The van der Waals surface area contributed by atoms with Crippen LogP contribution < -0.4 is 19.9 Å². The number of methoxy groups -OCH3 is 3. The fraction of sp³-hybridized carbons (Fsp3) is 0.235. The molecule has 0 aromatic heterocycles. The molecule has 6 nitrogen and oxygen atoms in total. The lowest BCUT2D eigenvalue weighted by atomic mass is 10.2. The molecule has 1 heterocycles. The lowest BCUT2D eigenvalue weighted by molar-refractivity contribution is 0.0910. The Kier molecular flexibility index (Phi) is 4.45. The number of rotatable bonds is 5. The molecule has 120 valence electrons. The standard InChI is InChI=1S/C17H19N3O3/c1-21-14-8-4-12(5-9-14)16-18-17(23-3)19-20(16)13-6-10-15(22-2)11-7-13/h4-11,17,19H,1-3H3. The van der Waals surface area contributed by atoms with Crippen LogP contribution in [0.15, 0.2) is 53.5 Å². The zero-order valence-electron chi connectivity index (χ0n) is 13.3. The summed E-state index contributed by atoms with van der Waals surface area (Å²) in [5.74, 6) is 2.39. The second-order valence-corrected chi connectivity index (χ2v) is 4.93. The van der Waals surface area contributed by atoms with E-state index in [0.717, 1.165) is 28.6 Å². The Bertz CT molecular complexity index is 683. The average molecular weight is 313 g/mol. The van der Waals surface area contributed by atoms with Crippen LogP contribution in [0.2, 0.25) is 0 Å². The number of hydrazine groups is 1. The van der Waals surface area contributed by atoms with Crippen molar-refractivity contribution in [1.29, 1.82) is 0 Å². The van der Waals surface area contributed by atoms with Gasteiger partial charge in [0.05, 0.1) is 19.9 Å². The molecule has 0 spiro atoms. The summed E-state index contributed by atoms with van der Waals surface area (Å²) in [5, 5.41) is 1.90. The molecule has 1 N–H and O–H groups in total. The molecule has 1 atom stereocenters. The van der Waals surface area contributed by atoms with Gasteiger partial charge in [0.15, 0.2) is 5.84 Å². The van der Waals surface area contributed by atoms with Gasteiger partial charge in [-0.1, -0.05) is 0 Å². The van der Waals surface area contributed by atoms with Crippen molar-refractivity contribution < 1.29 is 14.2 Å². The van der Waals surface area contributed by atoms with Crippen LogP contribution in [0.4, 0.5) is 5.69 Å². The molecule has 0 saturated heterocycles. The Hall–Kier alpha value is -2.57. The predicted octanol–water partition coefficient (Wildman–Crippen LogP) is 2.41. The minimum absolute atomic E-state index is 0.422. The number of ether oxygens (including phenoxy) is 3.